The summed E-state index contributed by atoms with van der Waals surface area (Å²) < 4.78 is 81.1. The van der Waals surface area contributed by atoms with E-state index in [9.17, 15) is 35.9 Å². The molecule has 5 heterocycles. The molecule has 0 bridgehead atoms. The van der Waals surface area contributed by atoms with E-state index >= 15 is 0 Å². The van der Waals surface area contributed by atoms with Gasteiger partial charge in [-0.15, -0.1) is 0 Å². The van der Waals surface area contributed by atoms with Gasteiger partial charge in [0.05, 0.1) is 34.3 Å². The zero-order valence-electron chi connectivity index (χ0n) is 20.6. The van der Waals surface area contributed by atoms with Crippen LogP contribution in [0.2, 0.25) is 0 Å². The lowest BCUT2D eigenvalue weighted by molar-refractivity contribution is -0.226. The number of alkyl halides is 6. The van der Waals surface area contributed by atoms with Gasteiger partial charge in [0.2, 0.25) is 0 Å². The molecule has 3 atom stereocenters. The van der Waals surface area contributed by atoms with Gasteiger partial charge in [0, 0.05) is 30.3 Å². The fourth-order valence-electron chi connectivity index (χ4n) is 6.78. The van der Waals surface area contributed by atoms with Crippen LogP contribution in [0.5, 0.6) is 0 Å². The molecular formula is C27H20F6N4O2S. The largest absolute Gasteiger partial charge is 0.416 e. The molecule has 40 heavy (non-hydrogen) atoms. The van der Waals surface area contributed by atoms with Gasteiger partial charge in [-0.1, -0.05) is 12.1 Å². The number of rotatable bonds is 4. The first-order valence-electron chi connectivity index (χ1n) is 12.6. The Morgan fingerprint density at radius 1 is 0.975 bits per heavy atom. The first kappa shape index (κ1) is 25.6. The summed E-state index contributed by atoms with van der Waals surface area (Å²) in [6.07, 6.45) is -3.01. The Morgan fingerprint density at radius 2 is 1.70 bits per heavy atom. The van der Waals surface area contributed by atoms with Crippen molar-refractivity contribution in [2.45, 2.75) is 62.3 Å². The highest BCUT2D eigenvalue weighted by Gasteiger charge is 2.71. The number of piperidine rings is 1. The van der Waals surface area contributed by atoms with Crippen LogP contribution in [0, 0.1) is 0 Å². The third-order valence-corrected chi connectivity index (χ3v) is 9.33. The number of aromatic nitrogens is 2. The third kappa shape index (κ3) is 3.73. The molecule has 208 valence electrons. The van der Waals surface area contributed by atoms with E-state index in [0.29, 0.717) is 39.5 Å². The number of nitrogens with zero attached hydrogens (tertiary/aromatic N) is 4. The highest BCUT2D eigenvalue weighted by Crippen LogP contribution is 2.61. The maximum atomic E-state index is 13.6. The Kier molecular flexibility index (Phi) is 5.35. The molecule has 0 N–H and O–H groups in total. The van der Waals surface area contributed by atoms with Gasteiger partial charge in [-0.05, 0) is 66.1 Å². The lowest BCUT2D eigenvalue weighted by Crippen LogP contribution is -2.81. The number of imide groups is 1. The van der Waals surface area contributed by atoms with Crippen LogP contribution in [0.4, 0.5) is 31.1 Å². The van der Waals surface area contributed by atoms with Gasteiger partial charge in [0.1, 0.15) is 5.66 Å². The van der Waals surface area contributed by atoms with Gasteiger partial charge in [-0.2, -0.15) is 31.4 Å². The van der Waals surface area contributed by atoms with Crippen molar-refractivity contribution < 1.29 is 35.9 Å². The van der Waals surface area contributed by atoms with Crippen LogP contribution >= 0.6 is 11.8 Å². The van der Waals surface area contributed by atoms with Crippen molar-refractivity contribution in [1.82, 2.24) is 19.6 Å². The van der Waals surface area contributed by atoms with E-state index in [1.54, 1.807) is 24.3 Å². The van der Waals surface area contributed by atoms with Crippen molar-refractivity contribution >= 4 is 39.9 Å². The van der Waals surface area contributed by atoms with Crippen molar-refractivity contribution in [3.05, 3.63) is 69.8 Å². The second kappa shape index (κ2) is 8.35. The fraction of sp³-hybridized carbons (Fsp3) is 0.370. The maximum Gasteiger partial charge on any atom is 0.416 e. The molecule has 0 aliphatic carbocycles. The molecule has 2 aromatic carbocycles. The Bertz CT molecular complexity index is 1610. The molecule has 4 aliphatic heterocycles. The van der Waals surface area contributed by atoms with E-state index in [0.717, 1.165) is 43.5 Å². The Balaban J connectivity index is 1.14. The average Bonchev–Trinajstić information content (AvgIpc) is 3.41. The summed E-state index contributed by atoms with van der Waals surface area (Å²) >= 11 is 0.895. The molecule has 4 aliphatic rings. The zero-order valence-corrected chi connectivity index (χ0v) is 21.4. The number of benzene rings is 2. The molecule has 1 unspecified atom stereocenters. The fourth-order valence-corrected chi connectivity index (χ4v) is 7.68. The molecule has 2 amide bonds. The standard InChI is InChI=1S/C27H20F6N4O2S/c28-26(29,30)17-3-2-15(20(9-17)27(31,32)33)13-35-21-6-1-14(7-16(21)12-34-35)8-22-23(38)37(24(39)40-22)25-10-18-4-5-19(11-25)36(18)25/h1-3,6-9,12,18-19H,4-5,10-11,13H2/b22-8-/t18-,19+,25?. The summed E-state index contributed by atoms with van der Waals surface area (Å²) in [4.78, 5) is 30.1. The number of fused-ring (bicyclic) bond motifs is 1. The van der Waals surface area contributed by atoms with Gasteiger partial charge in [0.15, 0.2) is 0 Å². The lowest BCUT2D eigenvalue weighted by atomic mass is 9.74. The normalized spacial score (nSPS) is 27.4. The molecule has 6 nitrogen and oxygen atoms in total. The number of carbonyl (C=O) groups is 2. The van der Waals surface area contributed by atoms with Crippen LogP contribution in [0.1, 0.15) is 47.9 Å². The van der Waals surface area contributed by atoms with E-state index in [4.69, 9.17) is 0 Å². The van der Waals surface area contributed by atoms with E-state index in [2.05, 4.69) is 10.00 Å². The monoisotopic (exact) mass is 578 g/mol. The molecule has 4 saturated heterocycles. The van der Waals surface area contributed by atoms with Crippen molar-refractivity contribution in [3.8, 4) is 0 Å². The molecule has 0 radical (unpaired) electrons. The zero-order chi connectivity index (χ0) is 28.2. The molecule has 13 heteroatoms. The number of thioether (sulfide) groups is 1. The minimum atomic E-state index is -4.98. The summed E-state index contributed by atoms with van der Waals surface area (Å²) in [5.74, 6) is -0.323. The third-order valence-electron chi connectivity index (χ3n) is 8.46. The first-order valence-corrected chi connectivity index (χ1v) is 13.5. The number of carbonyl (C=O) groups excluding carboxylic acids is 2. The average molecular weight is 579 g/mol. The van der Waals surface area contributed by atoms with Crippen LogP contribution in [-0.2, 0) is 23.7 Å². The lowest BCUT2D eigenvalue weighted by Gasteiger charge is -2.68. The van der Waals surface area contributed by atoms with Crippen LogP contribution in [0.3, 0.4) is 0 Å². The van der Waals surface area contributed by atoms with Crippen molar-refractivity contribution in [1.29, 1.82) is 0 Å². The minimum Gasteiger partial charge on any atom is -0.274 e. The topological polar surface area (TPSA) is 58.4 Å². The Hall–Kier alpha value is -3.32. The van der Waals surface area contributed by atoms with Gasteiger partial charge in [-0.25, -0.2) is 4.90 Å². The minimum absolute atomic E-state index is 0.114. The number of amides is 2. The molecule has 0 spiro atoms. The summed E-state index contributed by atoms with van der Waals surface area (Å²) in [6, 6.07) is 7.43. The van der Waals surface area contributed by atoms with E-state index in [1.165, 1.54) is 15.8 Å². The quantitative estimate of drug-likeness (QED) is 0.262. The Labute approximate surface area is 227 Å². The first-order chi connectivity index (χ1) is 18.8. The van der Waals surface area contributed by atoms with Crippen LogP contribution in [-0.4, -0.2) is 48.5 Å². The summed E-state index contributed by atoms with van der Waals surface area (Å²) in [5.41, 5.74) is -2.51. The molecule has 0 saturated carbocycles. The summed E-state index contributed by atoms with van der Waals surface area (Å²) in [7, 11) is 0. The van der Waals surface area contributed by atoms with Crippen LogP contribution < -0.4 is 0 Å². The van der Waals surface area contributed by atoms with Crippen molar-refractivity contribution in [2.75, 3.05) is 0 Å². The second-order valence-corrected chi connectivity index (χ2v) is 11.7. The smallest absolute Gasteiger partial charge is 0.274 e. The number of hydrogen-bond donors (Lipinski definition) is 0. The Morgan fingerprint density at radius 3 is 2.38 bits per heavy atom. The second-order valence-electron chi connectivity index (χ2n) is 10.7. The van der Waals surface area contributed by atoms with Crippen molar-refractivity contribution in [3.63, 3.8) is 0 Å². The number of hydrogen-bond acceptors (Lipinski definition) is 5. The van der Waals surface area contributed by atoms with Gasteiger partial charge in [0.25, 0.3) is 11.1 Å². The summed E-state index contributed by atoms with van der Waals surface area (Å²) in [5, 5.41) is 4.43. The highest BCUT2D eigenvalue weighted by atomic mass is 32.2. The SMILES string of the molecule is O=C1S/C(=C\c2ccc3c(cnn3Cc3ccc(C(F)(F)F)cc3C(F)(F)F)c2)C(=O)N1C12C[C@H]3CC[C@@H](C1)N32. The van der Waals surface area contributed by atoms with Gasteiger partial charge in [-0.3, -0.25) is 19.2 Å². The van der Waals surface area contributed by atoms with Crippen molar-refractivity contribution in [2.24, 2.45) is 0 Å². The molecule has 3 aromatic rings. The van der Waals surface area contributed by atoms with Gasteiger partial charge < -0.3 is 0 Å². The van der Waals surface area contributed by atoms with Crippen LogP contribution in [0.15, 0.2) is 47.5 Å². The highest BCUT2D eigenvalue weighted by molar-refractivity contribution is 8.18. The molecule has 7 rings (SSSR count). The number of halogens is 6. The predicted octanol–water partition coefficient (Wildman–Crippen LogP) is 6.50. The molecule has 4 fully saturated rings. The van der Waals surface area contributed by atoms with E-state index in [-0.39, 0.29) is 22.8 Å². The predicted molar refractivity (Wildman–Crippen MR) is 134 cm³/mol. The van der Waals surface area contributed by atoms with E-state index in [1.807, 2.05) is 0 Å². The van der Waals surface area contributed by atoms with Crippen LogP contribution in [0.25, 0.3) is 17.0 Å². The summed E-state index contributed by atoms with van der Waals surface area (Å²) in [6.45, 7) is -0.394. The maximum absolute atomic E-state index is 13.6. The van der Waals surface area contributed by atoms with Gasteiger partial charge >= 0.3 is 12.4 Å². The molecule has 1 aromatic heterocycles. The van der Waals surface area contributed by atoms with E-state index < -0.39 is 35.7 Å². The molecular weight excluding hydrogens is 558 g/mol.